The SMILES string of the molecule is CCCC1CCC(C2CCC(C(F)=CC(F)(F)F)CC2)OC1. The smallest absolute Gasteiger partial charge is 0.378 e. The molecule has 0 radical (unpaired) electrons. The Kier molecular flexibility index (Phi) is 6.30. The molecule has 2 unspecified atom stereocenters. The second-order valence-corrected chi connectivity index (χ2v) is 6.79. The molecule has 128 valence electrons. The van der Waals surface area contributed by atoms with E-state index in [0.29, 0.717) is 24.7 Å². The summed E-state index contributed by atoms with van der Waals surface area (Å²) < 4.78 is 56.1. The number of halogens is 4. The Labute approximate surface area is 130 Å². The summed E-state index contributed by atoms with van der Waals surface area (Å²) in [6, 6.07) is 0. The van der Waals surface area contributed by atoms with E-state index in [1.165, 1.54) is 19.3 Å². The summed E-state index contributed by atoms with van der Waals surface area (Å²) in [5.41, 5.74) is 0. The summed E-state index contributed by atoms with van der Waals surface area (Å²) in [5, 5.41) is 0. The molecule has 0 aromatic heterocycles. The van der Waals surface area contributed by atoms with Crippen LogP contribution in [0.5, 0.6) is 0 Å². The minimum atomic E-state index is -4.55. The Morgan fingerprint density at radius 1 is 1.09 bits per heavy atom. The zero-order valence-corrected chi connectivity index (χ0v) is 13.2. The van der Waals surface area contributed by atoms with Crippen LogP contribution < -0.4 is 0 Å². The normalized spacial score (nSPS) is 34.7. The number of allylic oxidation sites excluding steroid dienone is 2. The van der Waals surface area contributed by atoms with Gasteiger partial charge in [-0.05, 0) is 56.8 Å². The van der Waals surface area contributed by atoms with Crippen LogP contribution in [0.1, 0.15) is 58.3 Å². The highest BCUT2D eigenvalue weighted by Crippen LogP contribution is 2.39. The summed E-state index contributed by atoms with van der Waals surface area (Å²) in [7, 11) is 0. The summed E-state index contributed by atoms with van der Waals surface area (Å²) in [5.74, 6) is -0.518. The van der Waals surface area contributed by atoms with Crippen molar-refractivity contribution in [2.45, 2.75) is 70.6 Å². The fraction of sp³-hybridized carbons (Fsp3) is 0.882. The van der Waals surface area contributed by atoms with Gasteiger partial charge in [-0.25, -0.2) is 4.39 Å². The maximum absolute atomic E-state index is 13.6. The molecule has 1 saturated carbocycles. The third kappa shape index (κ3) is 5.25. The van der Waals surface area contributed by atoms with Crippen molar-refractivity contribution in [2.24, 2.45) is 17.8 Å². The van der Waals surface area contributed by atoms with Gasteiger partial charge in [0, 0.05) is 12.5 Å². The third-order valence-electron chi connectivity index (χ3n) is 5.09. The lowest BCUT2D eigenvalue weighted by atomic mass is 9.76. The molecule has 2 rings (SSSR count). The molecule has 1 aliphatic carbocycles. The van der Waals surface area contributed by atoms with Gasteiger partial charge in [0.05, 0.1) is 12.2 Å². The largest absolute Gasteiger partial charge is 0.412 e. The van der Waals surface area contributed by atoms with Crippen molar-refractivity contribution < 1.29 is 22.3 Å². The maximum Gasteiger partial charge on any atom is 0.412 e. The number of ether oxygens (including phenoxy) is 1. The minimum absolute atomic E-state index is 0.176. The van der Waals surface area contributed by atoms with E-state index in [2.05, 4.69) is 6.92 Å². The van der Waals surface area contributed by atoms with E-state index in [1.54, 1.807) is 0 Å². The number of hydrogen-bond acceptors (Lipinski definition) is 1. The van der Waals surface area contributed by atoms with E-state index >= 15 is 0 Å². The fourth-order valence-electron chi connectivity index (χ4n) is 3.87. The molecule has 0 aromatic rings. The Morgan fingerprint density at radius 2 is 1.77 bits per heavy atom. The quantitative estimate of drug-likeness (QED) is 0.594. The summed E-state index contributed by atoms with van der Waals surface area (Å²) in [4.78, 5) is 0. The van der Waals surface area contributed by atoms with Crippen LogP contribution in [0, 0.1) is 17.8 Å². The molecule has 1 saturated heterocycles. The first kappa shape index (κ1) is 17.8. The molecule has 1 aliphatic heterocycles. The average Bonchev–Trinajstić information content (AvgIpc) is 2.47. The van der Waals surface area contributed by atoms with Gasteiger partial charge in [-0.2, -0.15) is 13.2 Å². The van der Waals surface area contributed by atoms with E-state index in [9.17, 15) is 17.6 Å². The van der Waals surface area contributed by atoms with Gasteiger partial charge < -0.3 is 4.74 Å². The topological polar surface area (TPSA) is 9.23 Å². The molecule has 22 heavy (non-hydrogen) atoms. The molecule has 0 spiro atoms. The van der Waals surface area contributed by atoms with Crippen LogP contribution in [0.25, 0.3) is 0 Å². The van der Waals surface area contributed by atoms with Crippen molar-refractivity contribution >= 4 is 0 Å². The highest BCUT2D eigenvalue weighted by molar-refractivity contribution is 5.03. The zero-order chi connectivity index (χ0) is 16.2. The van der Waals surface area contributed by atoms with Gasteiger partial charge in [-0.3, -0.25) is 0 Å². The fourth-order valence-corrected chi connectivity index (χ4v) is 3.87. The van der Waals surface area contributed by atoms with Gasteiger partial charge in [0.25, 0.3) is 0 Å². The van der Waals surface area contributed by atoms with Gasteiger partial charge in [-0.1, -0.05) is 13.3 Å². The van der Waals surface area contributed by atoms with Crippen LogP contribution in [0.3, 0.4) is 0 Å². The number of alkyl halides is 3. The molecule has 1 heterocycles. The molecule has 5 heteroatoms. The highest BCUT2D eigenvalue weighted by Gasteiger charge is 2.34. The van der Waals surface area contributed by atoms with Crippen molar-refractivity contribution in [1.29, 1.82) is 0 Å². The maximum atomic E-state index is 13.6. The highest BCUT2D eigenvalue weighted by atomic mass is 19.4. The molecular weight excluding hydrogens is 296 g/mol. The molecule has 0 amide bonds. The predicted molar refractivity (Wildman–Crippen MR) is 78.1 cm³/mol. The summed E-state index contributed by atoms with van der Waals surface area (Å²) >= 11 is 0. The van der Waals surface area contributed by atoms with Gasteiger partial charge in [-0.15, -0.1) is 0 Å². The third-order valence-corrected chi connectivity index (χ3v) is 5.09. The lowest BCUT2D eigenvalue weighted by molar-refractivity contribution is -0.0826. The van der Waals surface area contributed by atoms with Gasteiger partial charge in [0.1, 0.15) is 5.83 Å². The molecule has 2 atom stereocenters. The zero-order valence-electron chi connectivity index (χ0n) is 13.2. The molecule has 0 aromatic carbocycles. The summed E-state index contributed by atoms with van der Waals surface area (Å²) in [6.07, 6.45) is 2.64. The Morgan fingerprint density at radius 3 is 2.27 bits per heavy atom. The number of hydrogen-bond donors (Lipinski definition) is 0. The molecular formula is C17H26F4O. The first-order valence-corrected chi connectivity index (χ1v) is 8.45. The molecule has 2 aliphatic rings. The monoisotopic (exact) mass is 322 g/mol. The summed E-state index contributed by atoms with van der Waals surface area (Å²) in [6.45, 7) is 2.98. The Balaban J connectivity index is 1.77. The van der Waals surface area contributed by atoms with Crippen LogP contribution in [0.4, 0.5) is 17.6 Å². The van der Waals surface area contributed by atoms with Crippen molar-refractivity contribution in [2.75, 3.05) is 6.61 Å². The van der Waals surface area contributed by atoms with Crippen molar-refractivity contribution in [3.63, 3.8) is 0 Å². The van der Waals surface area contributed by atoms with Crippen LogP contribution in [0.2, 0.25) is 0 Å². The lowest BCUT2D eigenvalue weighted by Gasteiger charge is -2.37. The van der Waals surface area contributed by atoms with Crippen LogP contribution in [-0.4, -0.2) is 18.9 Å². The first-order valence-electron chi connectivity index (χ1n) is 8.45. The molecule has 0 N–H and O–H groups in total. The van der Waals surface area contributed by atoms with E-state index in [0.717, 1.165) is 25.9 Å². The van der Waals surface area contributed by atoms with Crippen molar-refractivity contribution in [3.8, 4) is 0 Å². The van der Waals surface area contributed by atoms with E-state index < -0.39 is 17.9 Å². The van der Waals surface area contributed by atoms with Crippen LogP contribution in [0.15, 0.2) is 11.9 Å². The van der Waals surface area contributed by atoms with Crippen molar-refractivity contribution in [3.05, 3.63) is 11.9 Å². The Hall–Kier alpha value is -0.580. The second-order valence-electron chi connectivity index (χ2n) is 6.79. The predicted octanol–water partition coefficient (Wildman–Crippen LogP) is 5.80. The van der Waals surface area contributed by atoms with E-state index in [4.69, 9.17) is 4.74 Å². The lowest BCUT2D eigenvalue weighted by Crippen LogP contribution is -2.34. The van der Waals surface area contributed by atoms with E-state index in [1.807, 2.05) is 0 Å². The second kappa shape index (κ2) is 7.80. The first-order chi connectivity index (χ1) is 10.4. The van der Waals surface area contributed by atoms with Gasteiger partial charge in [0.2, 0.25) is 0 Å². The molecule has 1 nitrogen and oxygen atoms in total. The van der Waals surface area contributed by atoms with Crippen molar-refractivity contribution in [1.82, 2.24) is 0 Å². The molecule has 0 bridgehead atoms. The van der Waals surface area contributed by atoms with Gasteiger partial charge in [0.15, 0.2) is 0 Å². The Bertz CT molecular complexity index is 361. The van der Waals surface area contributed by atoms with E-state index in [-0.39, 0.29) is 12.2 Å². The standard InChI is InChI=1S/C17H26F4O/c1-2-3-12-4-9-16(22-11-12)14-7-5-13(6-8-14)15(18)10-17(19,20)21/h10,12-14,16H,2-9,11H2,1H3. The van der Waals surface area contributed by atoms with Crippen LogP contribution in [-0.2, 0) is 4.74 Å². The molecule has 2 fully saturated rings. The minimum Gasteiger partial charge on any atom is -0.378 e. The van der Waals surface area contributed by atoms with Crippen LogP contribution >= 0.6 is 0 Å². The van der Waals surface area contributed by atoms with Gasteiger partial charge >= 0.3 is 6.18 Å². The number of rotatable bonds is 4. The average molecular weight is 322 g/mol.